The molecule has 2 aromatic rings. The van der Waals surface area contributed by atoms with Gasteiger partial charge in [0.2, 0.25) is 0 Å². The van der Waals surface area contributed by atoms with E-state index in [1.54, 1.807) is 18.2 Å². The van der Waals surface area contributed by atoms with Crippen molar-refractivity contribution in [1.29, 1.82) is 0 Å². The lowest BCUT2D eigenvalue weighted by atomic mass is 10.2. The molecule has 1 aliphatic heterocycles. The van der Waals surface area contributed by atoms with Crippen molar-refractivity contribution in [2.24, 2.45) is 0 Å². The largest absolute Gasteiger partial charge is 0.482 e. The lowest BCUT2D eigenvalue weighted by molar-refractivity contribution is -0.153. The number of halogens is 3. The minimum atomic E-state index is -4.40. The number of hydrogen-bond donors (Lipinski definition) is 2. The molecule has 11 heteroatoms. The van der Waals surface area contributed by atoms with Gasteiger partial charge in [0.25, 0.3) is 5.56 Å². The van der Waals surface area contributed by atoms with Crippen LogP contribution < -0.4 is 20.9 Å². The third-order valence-electron chi connectivity index (χ3n) is 5.13. The number of para-hydroxylation sites is 2. The average Bonchev–Trinajstić information content (AvgIpc) is 2.75. The van der Waals surface area contributed by atoms with Gasteiger partial charge in [0.15, 0.2) is 6.61 Å². The molecule has 1 aliphatic rings. The zero-order valence-electron chi connectivity index (χ0n) is 16.9. The summed E-state index contributed by atoms with van der Waals surface area (Å²) in [4.78, 5) is 30.6. The van der Waals surface area contributed by atoms with Crippen LogP contribution in [0.3, 0.4) is 0 Å². The first-order valence-electron chi connectivity index (χ1n) is 9.96. The van der Waals surface area contributed by atoms with Crippen LogP contribution in [0.1, 0.15) is 12.0 Å². The van der Waals surface area contributed by atoms with Gasteiger partial charge < -0.3 is 19.7 Å². The molecule has 3 rings (SSSR count). The predicted molar refractivity (Wildman–Crippen MR) is 109 cm³/mol. The summed E-state index contributed by atoms with van der Waals surface area (Å²) in [5, 5.41) is 9.16. The third kappa shape index (κ3) is 6.11. The van der Waals surface area contributed by atoms with Gasteiger partial charge in [0.05, 0.1) is 17.9 Å². The van der Waals surface area contributed by atoms with Crippen molar-refractivity contribution < 1.29 is 23.0 Å². The number of nitrogens with one attached hydrogen (secondary N) is 1. The van der Waals surface area contributed by atoms with Crippen LogP contribution in [-0.4, -0.2) is 65.1 Å². The number of benzene rings is 1. The molecule has 1 saturated heterocycles. The van der Waals surface area contributed by atoms with E-state index in [-0.39, 0.29) is 17.9 Å². The number of aliphatic hydroxyl groups excluding tert-OH is 1. The van der Waals surface area contributed by atoms with E-state index < -0.39 is 30.6 Å². The molecule has 170 valence electrons. The number of ether oxygens (including phenoxy) is 1. The van der Waals surface area contributed by atoms with E-state index in [9.17, 15) is 22.8 Å². The standard InChI is InChI=1S/C20H25F3N4O4/c21-20(22,23)14-31-17-5-2-1-4-16(17)26-10-8-25(9-11-26)6-3-7-27-18(29)15(13-28)12-24-19(27)30/h1-2,4-5,12,28H,3,6-11,13-14H2,(H,24,30). The number of anilines is 1. The number of aliphatic hydroxyl groups is 1. The molecular weight excluding hydrogens is 417 g/mol. The number of piperazine rings is 1. The van der Waals surface area contributed by atoms with Crippen LogP contribution in [0, 0.1) is 0 Å². The van der Waals surface area contributed by atoms with E-state index in [4.69, 9.17) is 9.84 Å². The summed E-state index contributed by atoms with van der Waals surface area (Å²) in [7, 11) is 0. The molecule has 8 nitrogen and oxygen atoms in total. The fourth-order valence-corrected chi connectivity index (χ4v) is 3.54. The maximum Gasteiger partial charge on any atom is 0.422 e. The quantitative estimate of drug-likeness (QED) is 0.638. The molecule has 0 saturated carbocycles. The van der Waals surface area contributed by atoms with Gasteiger partial charge in [-0.3, -0.25) is 14.3 Å². The van der Waals surface area contributed by atoms with Gasteiger partial charge in [-0.25, -0.2) is 4.79 Å². The van der Waals surface area contributed by atoms with E-state index in [1.807, 2.05) is 4.90 Å². The highest BCUT2D eigenvalue weighted by molar-refractivity contribution is 5.58. The Bertz CT molecular complexity index is 981. The summed E-state index contributed by atoms with van der Waals surface area (Å²) < 4.78 is 43.6. The van der Waals surface area contributed by atoms with Gasteiger partial charge in [-0.15, -0.1) is 0 Å². The Balaban J connectivity index is 1.52. The van der Waals surface area contributed by atoms with Crippen LogP contribution >= 0.6 is 0 Å². The fraction of sp³-hybridized carbons (Fsp3) is 0.500. The maximum atomic E-state index is 12.5. The number of nitrogens with zero attached hydrogens (tertiary/aromatic N) is 3. The molecule has 0 aliphatic carbocycles. The van der Waals surface area contributed by atoms with Gasteiger partial charge in [-0.2, -0.15) is 13.2 Å². The van der Waals surface area contributed by atoms with Crippen LogP contribution in [-0.2, 0) is 13.2 Å². The van der Waals surface area contributed by atoms with E-state index in [1.165, 1.54) is 12.3 Å². The summed E-state index contributed by atoms with van der Waals surface area (Å²) in [6, 6.07) is 6.68. The number of alkyl halides is 3. The van der Waals surface area contributed by atoms with Crippen molar-refractivity contribution in [2.75, 3.05) is 44.2 Å². The summed E-state index contributed by atoms with van der Waals surface area (Å²) in [6.45, 7) is 1.74. The molecule has 0 atom stereocenters. The maximum absolute atomic E-state index is 12.5. The van der Waals surface area contributed by atoms with Crippen molar-refractivity contribution in [3.63, 3.8) is 0 Å². The highest BCUT2D eigenvalue weighted by Gasteiger charge is 2.29. The molecule has 0 radical (unpaired) electrons. The van der Waals surface area contributed by atoms with E-state index in [0.717, 1.165) is 4.57 Å². The number of aromatic nitrogens is 2. The van der Waals surface area contributed by atoms with Crippen molar-refractivity contribution in [2.45, 2.75) is 25.7 Å². The average molecular weight is 442 g/mol. The Labute approximate surface area is 176 Å². The molecule has 0 bridgehead atoms. The number of H-pyrrole nitrogens is 1. The van der Waals surface area contributed by atoms with Crippen molar-refractivity contribution in [3.8, 4) is 5.75 Å². The zero-order chi connectivity index (χ0) is 22.4. The van der Waals surface area contributed by atoms with E-state index in [0.29, 0.717) is 44.8 Å². The SMILES string of the molecule is O=c1[nH]cc(CO)c(=O)n1CCCN1CCN(c2ccccc2OCC(F)(F)F)CC1. The lowest BCUT2D eigenvalue weighted by Crippen LogP contribution is -2.47. The van der Waals surface area contributed by atoms with Crippen LogP contribution in [0.4, 0.5) is 18.9 Å². The Morgan fingerprint density at radius 3 is 2.45 bits per heavy atom. The summed E-state index contributed by atoms with van der Waals surface area (Å²) in [6.07, 6.45) is -2.61. The van der Waals surface area contributed by atoms with Crippen LogP contribution in [0.25, 0.3) is 0 Å². The minimum absolute atomic E-state index is 0.139. The third-order valence-corrected chi connectivity index (χ3v) is 5.13. The normalized spacial score (nSPS) is 15.3. The smallest absolute Gasteiger partial charge is 0.422 e. The number of hydrogen-bond acceptors (Lipinski definition) is 6. The molecule has 1 aromatic heterocycles. The minimum Gasteiger partial charge on any atom is -0.482 e. The van der Waals surface area contributed by atoms with E-state index in [2.05, 4.69) is 9.88 Å². The number of rotatable bonds is 8. The zero-order valence-corrected chi connectivity index (χ0v) is 16.9. The molecule has 0 spiro atoms. The molecular formula is C20H25F3N4O4. The highest BCUT2D eigenvalue weighted by atomic mass is 19.4. The molecule has 31 heavy (non-hydrogen) atoms. The Morgan fingerprint density at radius 1 is 1.06 bits per heavy atom. The molecule has 0 unspecified atom stereocenters. The first kappa shape index (κ1) is 22.9. The van der Waals surface area contributed by atoms with Crippen LogP contribution in [0.2, 0.25) is 0 Å². The molecule has 2 heterocycles. The summed E-state index contributed by atoms with van der Waals surface area (Å²) >= 11 is 0. The second-order valence-electron chi connectivity index (χ2n) is 7.29. The van der Waals surface area contributed by atoms with Gasteiger partial charge in [0, 0.05) is 38.9 Å². The molecule has 1 aromatic carbocycles. The van der Waals surface area contributed by atoms with Gasteiger partial charge in [-0.1, -0.05) is 12.1 Å². The summed E-state index contributed by atoms with van der Waals surface area (Å²) in [5.41, 5.74) is -0.237. The van der Waals surface area contributed by atoms with Crippen molar-refractivity contribution in [3.05, 3.63) is 56.9 Å². The Hall–Kier alpha value is -2.79. The van der Waals surface area contributed by atoms with Gasteiger partial charge in [-0.05, 0) is 25.1 Å². The van der Waals surface area contributed by atoms with Gasteiger partial charge >= 0.3 is 11.9 Å². The highest BCUT2D eigenvalue weighted by Crippen LogP contribution is 2.30. The molecule has 1 fully saturated rings. The predicted octanol–water partition coefficient (Wildman–Crippen LogP) is 1.18. The van der Waals surface area contributed by atoms with Crippen molar-refractivity contribution in [1.82, 2.24) is 14.5 Å². The summed E-state index contributed by atoms with van der Waals surface area (Å²) in [5.74, 6) is 0.204. The molecule has 0 amide bonds. The fourth-order valence-electron chi connectivity index (χ4n) is 3.54. The van der Waals surface area contributed by atoms with Crippen LogP contribution in [0.15, 0.2) is 40.1 Å². The van der Waals surface area contributed by atoms with Crippen molar-refractivity contribution >= 4 is 5.69 Å². The van der Waals surface area contributed by atoms with Crippen LogP contribution in [0.5, 0.6) is 5.75 Å². The second-order valence-corrected chi connectivity index (χ2v) is 7.29. The monoisotopic (exact) mass is 442 g/mol. The number of aromatic amines is 1. The second kappa shape index (κ2) is 10.0. The Kier molecular flexibility index (Phi) is 7.39. The van der Waals surface area contributed by atoms with E-state index >= 15 is 0 Å². The molecule has 2 N–H and O–H groups in total. The first-order chi connectivity index (χ1) is 14.8. The Morgan fingerprint density at radius 2 is 1.77 bits per heavy atom. The topological polar surface area (TPSA) is 90.8 Å². The first-order valence-corrected chi connectivity index (χ1v) is 9.96. The lowest BCUT2D eigenvalue weighted by Gasteiger charge is -2.36. The van der Waals surface area contributed by atoms with Gasteiger partial charge in [0.1, 0.15) is 5.75 Å².